The lowest BCUT2D eigenvalue weighted by atomic mass is 9.98. The quantitative estimate of drug-likeness (QED) is 0.842. The lowest BCUT2D eigenvalue weighted by Gasteiger charge is -2.32. The van der Waals surface area contributed by atoms with Crippen LogP contribution < -0.4 is 5.32 Å². The monoisotopic (exact) mass is 340 g/mol. The Morgan fingerprint density at radius 3 is 3.04 bits per heavy atom. The van der Waals surface area contributed by atoms with Gasteiger partial charge in [0.15, 0.2) is 0 Å². The first-order valence-electron chi connectivity index (χ1n) is 9.30. The average Bonchev–Trinajstić information content (AvgIpc) is 3.14. The van der Waals surface area contributed by atoms with Crippen molar-refractivity contribution in [2.75, 3.05) is 25.0 Å². The number of aromatic nitrogens is 2. The van der Waals surface area contributed by atoms with Crippen molar-refractivity contribution in [2.24, 2.45) is 5.92 Å². The molecule has 1 aliphatic heterocycles. The van der Waals surface area contributed by atoms with Gasteiger partial charge in [-0.1, -0.05) is 25.1 Å². The van der Waals surface area contributed by atoms with Gasteiger partial charge in [-0.05, 0) is 43.4 Å². The normalized spacial score (nSPS) is 18.2. The van der Waals surface area contributed by atoms with Crippen LogP contribution >= 0.6 is 0 Å². The number of amides is 1. The number of piperidine rings is 1. The van der Waals surface area contributed by atoms with Gasteiger partial charge in [-0.3, -0.25) is 4.79 Å². The molecule has 1 fully saturated rings. The smallest absolute Gasteiger partial charge is 0.225 e. The Bertz CT molecular complexity index is 668. The fraction of sp³-hybridized carbons (Fsp3) is 0.500. The molecule has 1 saturated heterocycles. The number of aryl methyl sites for hydroxylation is 1. The maximum absolute atomic E-state index is 12.3. The van der Waals surface area contributed by atoms with Crippen molar-refractivity contribution in [3.05, 3.63) is 48.5 Å². The second-order valence-electron chi connectivity index (χ2n) is 6.88. The van der Waals surface area contributed by atoms with Crippen LogP contribution in [-0.4, -0.2) is 40.0 Å². The van der Waals surface area contributed by atoms with E-state index in [-0.39, 0.29) is 5.91 Å². The van der Waals surface area contributed by atoms with Gasteiger partial charge in [-0.2, -0.15) is 0 Å². The molecule has 0 radical (unpaired) electrons. The standard InChI is InChI=1S/C20H28N4O/c1-2-18-7-3-4-8-19(18)22-20(25)9-12-23-11-5-6-17(14-23)15-24-13-10-21-16-24/h3-4,7-8,10,13,16-17H,2,5-6,9,11-12,14-15H2,1H3,(H,22,25)/t17-/m0/s1. The third-order valence-corrected chi connectivity index (χ3v) is 4.96. The zero-order valence-corrected chi connectivity index (χ0v) is 15.0. The van der Waals surface area contributed by atoms with Crippen molar-refractivity contribution >= 4 is 11.6 Å². The van der Waals surface area contributed by atoms with Crippen LogP contribution in [0.3, 0.4) is 0 Å². The third kappa shape index (κ3) is 5.16. The van der Waals surface area contributed by atoms with Gasteiger partial charge in [-0.25, -0.2) is 4.98 Å². The van der Waals surface area contributed by atoms with E-state index in [1.54, 1.807) is 0 Å². The zero-order valence-electron chi connectivity index (χ0n) is 15.0. The van der Waals surface area contributed by atoms with Gasteiger partial charge >= 0.3 is 0 Å². The SMILES string of the molecule is CCc1ccccc1NC(=O)CCN1CCC[C@H](Cn2ccnc2)C1. The number of hydrogen-bond acceptors (Lipinski definition) is 3. The van der Waals surface area contributed by atoms with E-state index in [1.165, 1.54) is 18.4 Å². The Labute approximate surface area is 150 Å². The Morgan fingerprint density at radius 2 is 2.24 bits per heavy atom. The first kappa shape index (κ1) is 17.7. The third-order valence-electron chi connectivity index (χ3n) is 4.96. The topological polar surface area (TPSA) is 50.2 Å². The molecule has 134 valence electrons. The summed E-state index contributed by atoms with van der Waals surface area (Å²) in [5.74, 6) is 0.754. The molecule has 0 unspecified atom stereocenters. The van der Waals surface area contributed by atoms with Crippen molar-refractivity contribution in [2.45, 2.75) is 39.2 Å². The molecule has 1 aromatic heterocycles. The molecule has 1 aromatic carbocycles. The zero-order chi connectivity index (χ0) is 17.5. The van der Waals surface area contributed by atoms with Crippen LogP contribution in [0.1, 0.15) is 31.7 Å². The van der Waals surface area contributed by atoms with Gasteiger partial charge < -0.3 is 14.8 Å². The Balaban J connectivity index is 1.45. The van der Waals surface area contributed by atoms with Crippen molar-refractivity contribution in [3.63, 3.8) is 0 Å². The molecular weight excluding hydrogens is 312 g/mol. The summed E-state index contributed by atoms with van der Waals surface area (Å²) in [4.78, 5) is 18.9. The fourth-order valence-corrected chi connectivity index (χ4v) is 3.62. The minimum absolute atomic E-state index is 0.109. The van der Waals surface area contributed by atoms with Crippen LogP contribution in [-0.2, 0) is 17.8 Å². The van der Waals surface area contributed by atoms with Gasteiger partial charge in [0, 0.05) is 44.1 Å². The summed E-state index contributed by atoms with van der Waals surface area (Å²) in [6, 6.07) is 8.04. The number of anilines is 1. The molecule has 2 aromatic rings. The highest BCUT2D eigenvalue weighted by molar-refractivity contribution is 5.91. The Kier molecular flexibility index (Phi) is 6.23. The number of carbonyl (C=O) groups is 1. The molecular formula is C20H28N4O. The summed E-state index contributed by atoms with van der Waals surface area (Å²) in [5, 5.41) is 3.07. The van der Waals surface area contributed by atoms with Crippen LogP contribution in [0.4, 0.5) is 5.69 Å². The van der Waals surface area contributed by atoms with Crippen LogP contribution in [0, 0.1) is 5.92 Å². The van der Waals surface area contributed by atoms with Crippen LogP contribution in [0.15, 0.2) is 43.0 Å². The molecule has 5 nitrogen and oxygen atoms in total. The lowest BCUT2D eigenvalue weighted by Crippen LogP contribution is -2.38. The molecule has 1 amide bonds. The van der Waals surface area contributed by atoms with Crippen molar-refractivity contribution < 1.29 is 4.79 Å². The van der Waals surface area contributed by atoms with Crippen molar-refractivity contribution in [1.82, 2.24) is 14.5 Å². The maximum atomic E-state index is 12.3. The van der Waals surface area contributed by atoms with Crippen molar-refractivity contribution in [1.29, 1.82) is 0 Å². The highest BCUT2D eigenvalue weighted by atomic mass is 16.1. The number of nitrogens with zero attached hydrogens (tertiary/aromatic N) is 3. The molecule has 1 aliphatic rings. The molecule has 0 saturated carbocycles. The largest absolute Gasteiger partial charge is 0.337 e. The predicted molar refractivity (Wildman–Crippen MR) is 100 cm³/mol. The molecule has 1 atom stereocenters. The summed E-state index contributed by atoms with van der Waals surface area (Å²) in [6.45, 7) is 6.13. The molecule has 5 heteroatoms. The molecule has 25 heavy (non-hydrogen) atoms. The van der Waals surface area contributed by atoms with E-state index in [4.69, 9.17) is 0 Å². The highest BCUT2D eigenvalue weighted by Crippen LogP contribution is 2.19. The molecule has 0 aliphatic carbocycles. The van der Waals surface area contributed by atoms with Gasteiger partial charge in [0.2, 0.25) is 5.91 Å². The highest BCUT2D eigenvalue weighted by Gasteiger charge is 2.20. The predicted octanol–water partition coefficient (Wildman–Crippen LogP) is 3.19. The number of likely N-dealkylation sites (tertiary alicyclic amines) is 1. The number of nitrogens with one attached hydrogen (secondary N) is 1. The minimum Gasteiger partial charge on any atom is -0.337 e. The number of carbonyl (C=O) groups excluding carboxylic acids is 1. The van der Waals surface area contributed by atoms with Gasteiger partial charge in [0.1, 0.15) is 0 Å². The number of benzene rings is 1. The van der Waals surface area contributed by atoms with E-state index < -0.39 is 0 Å². The summed E-state index contributed by atoms with van der Waals surface area (Å²) in [5.41, 5.74) is 2.14. The van der Waals surface area contributed by atoms with E-state index in [2.05, 4.69) is 32.8 Å². The molecule has 2 heterocycles. The molecule has 3 rings (SSSR count). The van der Waals surface area contributed by atoms with Gasteiger partial charge in [-0.15, -0.1) is 0 Å². The first-order valence-corrected chi connectivity index (χ1v) is 9.30. The summed E-state index contributed by atoms with van der Waals surface area (Å²) in [7, 11) is 0. The number of imidazole rings is 1. The van der Waals surface area contributed by atoms with E-state index in [9.17, 15) is 4.79 Å². The van der Waals surface area contributed by atoms with Gasteiger partial charge in [0.05, 0.1) is 6.33 Å². The fourth-order valence-electron chi connectivity index (χ4n) is 3.62. The second kappa shape index (κ2) is 8.81. The second-order valence-corrected chi connectivity index (χ2v) is 6.88. The van der Waals surface area contributed by atoms with E-state index >= 15 is 0 Å². The number of hydrogen-bond donors (Lipinski definition) is 1. The van der Waals surface area contributed by atoms with Crippen molar-refractivity contribution in [3.8, 4) is 0 Å². The van der Waals surface area contributed by atoms with Crippen LogP contribution in [0.25, 0.3) is 0 Å². The summed E-state index contributed by atoms with van der Waals surface area (Å²) < 4.78 is 2.16. The Hall–Kier alpha value is -2.14. The Morgan fingerprint density at radius 1 is 1.36 bits per heavy atom. The summed E-state index contributed by atoms with van der Waals surface area (Å²) in [6.07, 6.45) is 9.69. The minimum atomic E-state index is 0.109. The number of para-hydroxylation sites is 1. The maximum Gasteiger partial charge on any atom is 0.225 e. The summed E-state index contributed by atoms with van der Waals surface area (Å²) >= 11 is 0. The van der Waals surface area contributed by atoms with Gasteiger partial charge in [0.25, 0.3) is 0 Å². The van der Waals surface area contributed by atoms with E-state index in [1.807, 2.05) is 36.9 Å². The first-order chi connectivity index (χ1) is 12.2. The molecule has 0 bridgehead atoms. The van der Waals surface area contributed by atoms with Crippen LogP contribution in [0.5, 0.6) is 0 Å². The molecule has 1 N–H and O–H groups in total. The van der Waals surface area contributed by atoms with E-state index in [0.717, 1.165) is 38.3 Å². The molecule has 0 spiro atoms. The number of rotatable bonds is 7. The van der Waals surface area contributed by atoms with E-state index in [0.29, 0.717) is 12.3 Å². The van der Waals surface area contributed by atoms with Crippen LogP contribution in [0.2, 0.25) is 0 Å². The lowest BCUT2D eigenvalue weighted by molar-refractivity contribution is -0.116. The average molecular weight is 340 g/mol.